The average Bonchev–Trinajstić information content (AvgIpc) is 1.92. The molecule has 0 heterocycles. The SMILES string of the molecule is O=N[O-].O=N[O-].O=N[O-].O=N[O-].[H+].[H+].[Pd]. The molecule has 0 aliphatic rings. The maximum Gasteiger partial charge on any atom is 1.00 e. The van der Waals surface area contributed by atoms with E-state index in [-0.39, 0.29) is 23.3 Å². The van der Waals surface area contributed by atoms with E-state index in [1.165, 1.54) is 0 Å². The third kappa shape index (κ3) is 232. The van der Waals surface area contributed by atoms with Gasteiger partial charge in [-0.1, -0.05) is 0 Å². The maximum atomic E-state index is 8.00. The molecule has 0 aromatic carbocycles. The van der Waals surface area contributed by atoms with Gasteiger partial charge in [-0.3, -0.25) is 0 Å². The molecule has 0 aromatic rings. The Kier molecular flexibility index (Phi) is 400. The first-order valence-electron chi connectivity index (χ1n) is 1.46. The van der Waals surface area contributed by atoms with Crippen molar-refractivity contribution >= 4 is 0 Å². The smallest absolute Gasteiger partial charge is 0.444 e. The van der Waals surface area contributed by atoms with Crippen molar-refractivity contribution in [2.24, 2.45) is 21.4 Å². The van der Waals surface area contributed by atoms with Crippen molar-refractivity contribution in [2.75, 3.05) is 0 Å². The molecule has 0 saturated carbocycles. The van der Waals surface area contributed by atoms with Crippen LogP contribution >= 0.6 is 0 Å². The van der Waals surface area contributed by atoms with Gasteiger partial charge in [-0.05, 0) is 0 Å². The molecule has 0 atom stereocenters. The van der Waals surface area contributed by atoms with Gasteiger partial charge in [-0.15, -0.1) is 21.4 Å². The summed E-state index contributed by atoms with van der Waals surface area (Å²) in [6.07, 6.45) is 0. The van der Waals surface area contributed by atoms with Gasteiger partial charge in [0.15, 0.2) is 0 Å². The zero-order valence-electron chi connectivity index (χ0n) is 7.37. The Hall–Kier alpha value is -1.74. The Bertz CT molecular complexity index is 78.6. The molecule has 0 amide bonds. The topological polar surface area (TPSA) is 210 Å². The first-order valence-corrected chi connectivity index (χ1v) is 1.46. The largest absolute Gasteiger partial charge is 1.00 e. The second-order valence-corrected chi connectivity index (χ2v) is 0.298. The first kappa shape index (κ1) is 30.2. The summed E-state index contributed by atoms with van der Waals surface area (Å²) in [4.78, 5) is 32.0. The van der Waals surface area contributed by atoms with Crippen molar-refractivity contribution in [3.63, 3.8) is 0 Å². The minimum atomic E-state index is 0. The molecule has 0 fully saturated rings. The van der Waals surface area contributed by atoms with Gasteiger partial charge in [0.25, 0.3) is 0 Å². The Labute approximate surface area is 85.9 Å². The standard InChI is InChI=1S/4HNO2.Pd/c4*2-1-3;/h4*(H,2,3);/p-2. The minimum Gasteiger partial charge on any atom is -0.444 e. The minimum absolute atomic E-state index is 0. The van der Waals surface area contributed by atoms with Crippen molar-refractivity contribution in [1.82, 2.24) is 0 Å². The van der Waals surface area contributed by atoms with Gasteiger partial charge in [0.1, 0.15) is 0 Å². The molecule has 0 aromatic heterocycles. The Morgan fingerprint density at radius 1 is 0.615 bits per heavy atom. The molecule has 0 aliphatic carbocycles. The van der Waals surface area contributed by atoms with Gasteiger partial charge in [0.05, 0.1) is 0 Å². The van der Waals surface area contributed by atoms with E-state index >= 15 is 0 Å². The van der Waals surface area contributed by atoms with Gasteiger partial charge < -0.3 is 40.5 Å². The van der Waals surface area contributed by atoms with E-state index in [0.29, 0.717) is 0 Å². The number of hydrogen-bond acceptors (Lipinski definition) is 12. The van der Waals surface area contributed by atoms with Crippen LogP contribution < -0.4 is 0 Å². The Morgan fingerprint density at radius 3 is 0.615 bits per heavy atom. The van der Waals surface area contributed by atoms with Crippen molar-refractivity contribution in [2.45, 2.75) is 0 Å². The average molecular weight is 292 g/mol. The summed E-state index contributed by atoms with van der Waals surface area (Å²) in [6.45, 7) is 0. The number of nitrogens with zero attached hydrogens (tertiary/aromatic N) is 4. The third-order valence-electron chi connectivity index (χ3n) is 0. The summed E-state index contributed by atoms with van der Waals surface area (Å²) in [5.41, 5.74) is 0. The zero-order valence-corrected chi connectivity index (χ0v) is 6.93. The quantitative estimate of drug-likeness (QED) is 0.358. The van der Waals surface area contributed by atoms with Crippen LogP contribution in [0.3, 0.4) is 0 Å². The van der Waals surface area contributed by atoms with Crippen LogP contribution in [0.15, 0.2) is 21.4 Å². The normalized spacial score (nSPS) is 3.69. The fraction of sp³-hybridized carbons (Fsp3) is 0. The molecule has 0 radical (unpaired) electrons. The molecule has 0 bridgehead atoms. The van der Waals surface area contributed by atoms with Crippen LogP contribution in [0, 0.1) is 40.5 Å². The summed E-state index contributed by atoms with van der Waals surface area (Å²) in [7, 11) is 0. The molecular formula is H2N4O8Pd-2. The number of rotatable bonds is 0. The first-order chi connectivity index (χ1) is 5.66. The second kappa shape index (κ2) is 172. The Morgan fingerprint density at radius 2 is 0.615 bits per heavy atom. The van der Waals surface area contributed by atoms with Crippen LogP contribution in [0.4, 0.5) is 0 Å². The monoisotopic (exact) mass is 292 g/mol. The van der Waals surface area contributed by atoms with Crippen molar-refractivity contribution in [1.29, 1.82) is 0 Å². The molecule has 13 heteroatoms. The van der Waals surface area contributed by atoms with Gasteiger partial charge in [-0.25, -0.2) is 0 Å². The van der Waals surface area contributed by atoms with Crippen LogP contribution in [0.5, 0.6) is 0 Å². The van der Waals surface area contributed by atoms with E-state index in [4.69, 9.17) is 40.5 Å². The molecule has 13 heavy (non-hydrogen) atoms. The summed E-state index contributed by atoms with van der Waals surface area (Å²) < 4.78 is 0. The van der Waals surface area contributed by atoms with Crippen LogP contribution in [0.1, 0.15) is 2.85 Å². The summed E-state index contributed by atoms with van der Waals surface area (Å²) in [6, 6.07) is 0. The fourth-order valence-electron chi connectivity index (χ4n) is 0. The molecule has 0 saturated heterocycles. The summed E-state index contributed by atoms with van der Waals surface area (Å²) in [5.74, 6) is 0. The van der Waals surface area contributed by atoms with Crippen LogP contribution in [0.2, 0.25) is 0 Å². The molecule has 0 unspecified atom stereocenters. The van der Waals surface area contributed by atoms with Crippen LogP contribution in [0.25, 0.3) is 0 Å². The third-order valence-corrected chi connectivity index (χ3v) is 0. The predicted molar refractivity (Wildman–Crippen MR) is 38.9 cm³/mol. The predicted octanol–water partition coefficient (Wildman–Crippen LogP) is 1.22. The zero-order chi connectivity index (χ0) is 10.8. The fourth-order valence-corrected chi connectivity index (χ4v) is 0. The molecule has 12 nitrogen and oxygen atoms in total. The summed E-state index contributed by atoms with van der Waals surface area (Å²) in [5, 5.41) is 36.0. The Balaban J connectivity index is -0.0000000107. The van der Waals surface area contributed by atoms with Crippen molar-refractivity contribution in [3.05, 3.63) is 40.5 Å². The maximum absolute atomic E-state index is 8.00. The second-order valence-electron chi connectivity index (χ2n) is 0.298. The van der Waals surface area contributed by atoms with E-state index in [1.807, 2.05) is 0 Å². The van der Waals surface area contributed by atoms with Crippen LogP contribution in [-0.2, 0) is 20.4 Å². The van der Waals surface area contributed by atoms with E-state index < -0.39 is 0 Å². The molecular weight excluding hydrogens is 290 g/mol. The van der Waals surface area contributed by atoms with Crippen molar-refractivity contribution in [3.8, 4) is 0 Å². The van der Waals surface area contributed by atoms with Gasteiger partial charge in [-0.2, -0.15) is 0 Å². The van der Waals surface area contributed by atoms with Crippen molar-refractivity contribution < 1.29 is 23.3 Å². The molecule has 0 aliphatic heterocycles. The van der Waals surface area contributed by atoms with Gasteiger partial charge in [0, 0.05) is 20.4 Å². The summed E-state index contributed by atoms with van der Waals surface area (Å²) >= 11 is 0. The molecule has 82 valence electrons. The van der Waals surface area contributed by atoms with Crippen LogP contribution in [-0.4, -0.2) is 0 Å². The molecule has 0 rings (SSSR count). The molecule has 0 spiro atoms. The van der Waals surface area contributed by atoms with E-state index in [1.54, 1.807) is 0 Å². The van der Waals surface area contributed by atoms with E-state index in [9.17, 15) is 0 Å². The van der Waals surface area contributed by atoms with Gasteiger partial charge in [0.2, 0.25) is 0 Å². The molecule has 0 N–H and O–H groups in total. The van der Waals surface area contributed by atoms with Gasteiger partial charge >= 0.3 is 2.85 Å². The number of hydrogen-bond donors (Lipinski definition) is 0. The van der Waals surface area contributed by atoms with E-state index in [0.717, 1.165) is 21.4 Å². The van der Waals surface area contributed by atoms with E-state index in [2.05, 4.69) is 0 Å².